The fraction of sp³-hybridized carbons (Fsp3) is 0.824. The van der Waals surface area contributed by atoms with Gasteiger partial charge < -0.3 is 5.32 Å². The van der Waals surface area contributed by atoms with E-state index in [1.807, 2.05) is 0 Å². The Bertz CT molecular complexity index is 450. The van der Waals surface area contributed by atoms with Gasteiger partial charge >= 0.3 is 0 Å². The molecule has 2 fully saturated rings. The highest BCUT2D eigenvalue weighted by Gasteiger charge is 2.27. The van der Waals surface area contributed by atoms with E-state index in [1.165, 1.54) is 56.6 Å². The van der Waals surface area contributed by atoms with Crippen molar-refractivity contribution in [1.82, 2.24) is 20.0 Å². The fourth-order valence-electron chi connectivity index (χ4n) is 3.39. The SMILES string of the molecule is CCc1cc(CN2CCCCC2CNC2CC2)n(CC)n1. The van der Waals surface area contributed by atoms with Crippen molar-refractivity contribution in [3.05, 3.63) is 17.5 Å². The number of nitrogens with zero attached hydrogens (tertiary/aromatic N) is 3. The summed E-state index contributed by atoms with van der Waals surface area (Å²) in [5, 5.41) is 8.42. The molecule has 1 saturated heterocycles. The first-order valence-corrected chi connectivity index (χ1v) is 8.83. The van der Waals surface area contributed by atoms with Gasteiger partial charge in [0.1, 0.15) is 0 Å². The van der Waals surface area contributed by atoms with Crippen LogP contribution in [0.5, 0.6) is 0 Å². The standard InChI is InChI=1S/C17H30N4/c1-3-14-11-17(21(4-2)19-14)13-20-10-6-5-7-16(20)12-18-15-8-9-15/h11,15-16,18H,3-10,12-13H2,1-2H3. The predicted molar refractivity (Wildman–Crippen MR) is 86.4 cm³/mol. The number of nitrogens with one attached hydrogen (secondary N) is 1. The Morgan fingerprint density at radius 3 is 2.81 bits per heavy atom. The summed E-state index contributed by atoms with van der Waals surface area (Å²) in [6.45, 7) is 8.85. The first-order chi connectivity index (χ1) is 10.3. The van der Waals surface area contributed by atoms with Crippen molar-refractivity contribution >= 4 is 0 Å². The maximum Gasteiger partial charge on any atom is 0.0625 e. The lowest BCUT2D eigenvalue weighted by atomic mass is 10.0. The van der Waals surface area contributed by atoms with Crippen molar-refractivity contribution in [2.45, 2.75) is 77.5 Å². The summed E-state index contributed by atoms with van der Waals surface area (Å²) in [5.74, 6) is 0. The van der Waals surface area contributed by atoms with E-state index < -0.39 is 0 Å². The van der Waals surface area contributed by atoms with E-state index in [2.05, 4.69) is 34.8 Å². The van der Waals surface area contributed by atoms with Gasteiger partial charge in [-0.05, 0) is 51.6 Å². The van der Waals surface area contributed by atoms with Crippen LogP contribution in [0.4, 0.5) is 0 Å². The number of rotatable bonds is 7. The molecular formula is C17H30N4. The van der Waals surface area contributed by atoms with Gasteiger partial charge in [-0.3, -0.25) is 9.58 Å². The van der Waals surface area contributed by atoms with Gasteiger partial charge in [0.25, 0.3) is 0 Å². The zero-order chi connectivity index (χ0) is 14.7. The molecule has 0 bridgehead atoms. The first-order valence-electron chi connectivity index (χ1n) is 8.83. The van der Waals surface area contributed by atoms with Gasteiger partial charge in [-0.1, -0.05) is 13.3 Å². The zero-order valence-corrected chi connectivity index (χ0v) is 13.6. The summed E-state index contributed by atoms with van der Waals surface area (Å²) in [5.41, 5.74) is 2.63. The summed E-state index contributed by atoms with van der Waals surface area (Å²) >= 11 is 0. The molecule has 1 saturated carbocycles. The zero-order valence-electron chi connectivity index (χ0n) is 13.6. The van der Waals surface area contributed by atoms with Gasteiger partial charge in [0.15, 0.2) is 0 Å². The second kappa shape index (κ2) is 6.93. The molecular weight excluding hydrogens is 260 g/mol. The first kappa shape index (κ1) is 15.0. The normalized spacial score (nSPS) is 23.6. The van der Waals surface area contributed by atoms with E-state index >= 15 is 0 Å². The molecule has 3 rings (SSSR count). The van der Waals surface area contributed by atoms with Crippen LogP contribution in [-0.2, 0) is 19.5 Å². The third-order valence-electron chi connectivity index (χ3n) is 4.91. The summed E-state index contributed by atoms with van der Waals surface area (Å²) < 4.78 is 2.19. The average Bonchev–Trinajstić information content (AvgIpc) is 3.26. The Balaban J connectivity index is 1.63. The minimum absolute atomic E-state index is 0.713. The molecule has 21 heavy (non-hydrogen) atoms. The van der Waals surface area contributed by atoms with Crippen LogP contribution in [0.3, 0.4) is 0 Å². The molecule has 0 amide bonds. The van der Waals surface area contributed by atoms with Crippen LogP contribution < -0.4 is 5.32 Å². The minimum atomic E-state index is 0.713. The lowest BCUT2D eigenvalue weighted by molar-refractivity contribution is 0.133. The molecule has 0 spiro atoms. The van der Waals surface area contributed by atoms with Gasteiger partial charge in [0.2, 0.25) is 0 Å². The summed E-state index contributed by atoms with van der Waals surface area (Å²) in [4.78, 5) is 2.68. The van der Waals surface area contributed by atoms with Gasteiger partial charge in [-0.25, -0.2) is 0 Å². The quantitative estimate of drug-likeness (QED) is 0.838. The largest absolute Gasteiger partial charge is 0.312 e. The van der Waals surface area contributed by atoms with Gasteiger partial charge in [0, 0.05) is 31.7 Å². The number of aryl methyl sites for hydroxylation is 2. The predicted octanol–water partition coefficient (Wildman–Crippen LogP) is 2.57. The van der Waals surface area contributed by atoms with E-state index in [4.69, 9.17) is 5.10 Å². The highest BCUT2D eigenvalue weighted by molar-refractivity contribution is 5.11. The highest BCUT2D eigenvalue weighted by Crippen LogP contribution is 2.23. The lowest BCUT2D eigenvalue weighted by Crippen LogP contribution is -2.45. The Labute approximate surface area is 128 Å². The van der Waals surface area contributed by atoms with Crippen LogP contribution in [0.15, 0.2) is 6.07 Å². The van der Waals surface area contributed by atoms with Crippen molar-refractivity contribution in [1.29, 1.82) is 0 Å². The smallest absolute Gasteiger partial charge is 0.0625 e. The second-order valence-electron chi connectivity index (χ2n) is 6.60. The lowest BCUT2D eigenvalue weighted by Gasteiger charge is -2.36. The average molecular weight is 290 g/mol. The molecule has 0 radical (unpaired) electrons. The van der Waals surface area contributed by atoms with Crippen LogP contribution in [0.1, 0.15) is 57.3 Å². The molecule has 1 aliphatic carbocycles. The van der Waals surface area contributed by atoms with Crippen molar-refractivity contribution in [2.75, 3.05) is 13.1 Å². The number of aromatic nitrogens is 2. The Morgan fingerprint density at radius 1 is 1.24 bits per heavy atom. The molecule has 2 aliphatic rings. The van der Waals surface area contributed by atoms with Gasteiger partial charge in [-0.15, -0.1) is 0 Å². The third-order valence-corrected chi connectivity index (χ3v) is 4.91. The van der Waals surface area contributed by atoms with Crippen LogP contribution in [0.2, 0.25) is 0 Å². The molecule has 1 unspecified atom stereocenters. The van der Waals surface area contributed by atoms with Crippen LogP contribution in [0, 0.1) is 0 Å². The Kier molecular flexibility index (Phi) is 4.96. The molecule has 4 nitrogen and oxygen atoms in total. The highest BCUT2D eigenvalue weighted by atomic mass is 15.3. The molecule has 1 aliphatic heterocycles. The molecule has 1 aromatic heterocycles. The summed E-state index contributed by atoms with van der Waals surface area (Å²) in [6.07, 6.45) is 7.89. The molecule has 2 heterocycles. The molecule has 1 N–H and O–H groups in total. The number of hydrogen-bond donors (Lipinski definition) is 1. The van der Waals surface area contributed by atoms with Crippen LogP contribution >= 0.6 is 0 Å². The molecule has 1 aromatic rings. The van der Waals surface area contributed by atoms with E-state index in [1.54, 1.807) is 0 Å². The van der Waals surface area contributed by atoms with Gasteiger partial charge in [0.05, 0.1) is 11.4 Å². The van der Waals surface area contributed by atoms with Crippen molar-refractivity contribution < 1.29 is 0 Å². The Hall–Kier alpha value is -0.870. The fourth-order valence-corrected chi connectivity index (χ4v) is 3.39. The van der Waals surface area contributed by atoms with Crippen molar-refractivity contribution in [2.24, 2.45) is 0 Å². The topological polar surface area (TPSA) is 33.1 Å². The van der Waals surface area contributed by atoms with E-state index in [0.29, 0.717) is 6.04 Å². The maximum absolute atomic E-state index is 4.70. The monoisotopic (exact) mass is 290 g/mol. The maximum atomic E-state index is 4.70. The Morgan fingerprint density at radius 2 is 2.10 bits per heavy atom. The third kappa shape index (κ3) is 3.86. The summed E-state index contributed by atoms with van der Waals surface area (Å²) in [6, 6.07) is 3.84. The van der Waals surface area contributed by atoms with E-state index in [-0.39, 0.29) is 0 Å². The van der Waals surface area contributed by atoms with E-state index in [0.717, 1.165) is 25.6 Å². The van der Waals surface area contributed by atoms with Crippen LogP contribution in [0.25, 0.3) is 0 Å². The number of piperidine rings is 1. The number of hydrogen-bond acceptors (Lipinski definition) is 3. The number of likely N-dealkylation sites (tertiary alicyclic amines) is 1. The minimum Gasteiger partial charge on any atom is -0.312 e. The van der Waals surface area contributed by atoms with Crippen molar-refractivity contribution in [3.63, 3.8) is 0 Å². The van der Waals surface area contributed by atoms with Crippen LogP contribution in [-0.4, -0.2) is 39.9 Å². The van der Waals surface area contributed by atoms with E-state index in [9.17, 15) is 0 Å². The van der Waals surface area contributed by atoms with Gasteiger partial charge in [-0.2, -0.15) is 5.10 Å². The molecule has 118 valence electrons. The van der Waals surface area contributed by atoms with Crippen molar-refractivity contribution in [3.8, 4) is 0 Å². The second-order valence-corrected chi connectivity index (χ2v) is 6.60. The summed E-state index contributed by atoms with van der Waals surface area (Å²) in [7, 11) is 0. The molecule has 4 heteroatoms. The molecule has 1 atom stereocenters. The molecule has 0 aromatic carbocycles.